The lowest BCUT2D eigenvalue weighted by molar-refractivity contribution is -0.112. The van der Waals surface area contributed by atoms with Crippen molar-refractivity contribution in [2.24, 2.45) is 0 Å². The van der Waals surface area contributed by atoms with Crippen LogP contribution in [0.15, 0.2) is 34.9 Å². The van der Waals surface area contributed by atoms with E-state index >= 15 is 0 Å². The van der Waals surface area contributed by atoms with Crippen LogP contribution in [0.1, 0.15) is 44.1 Å². The molecule has 1 aliphatic heterocycles. The fraction of sp³-hybridized carbons (Fsp3) is 0.500. The van der Waals surface area contributed by atoms with Crippen molar-refractivity contribution in [2.45, 2.75) is 50.3 Å². The zero-order chi connectivity index (χ0) is 17.3. The molecule has 1 N–H and O–H groups in total. The molecule has 1 aromatic carbocycles. The topological polar surface area (TPSA) is 32.3 Å². The van der Waals surface area contributed by atoms with Crippen LogP contribution in [0.4, 0.5) is 14.5 Å². The van der Waals surface area contributed by atoms with Crippen LogP contribution in [0.2, 0.25) is 0 Å². The van der Waals surface area contributed by atoms with E-state index in [9.17, 15) is 13.6 Å². The second kappa shape index (κ2) is 7.13. The summed E-state index contributed by atoms with van der Waals surface area (Å²) in [5, 5.41) is 2.71. The largest absolute Gasteiger partial charge is 0.360 e. The molecule has 6 heteroatoms. The molecule has 1 fully saturated rings. The lowest BCUT2D eigenvalue weighted by atomic mass is 9.96. The molecule has 1 amide bonds. The average Bonchev–Trinajstić information content (AvgIpc) is 3.17. The van der Waals surface area contributed by atoms with Gasteiger partial charge in [-0.25, -0.2) is 8.78 Å². The van der Waals surface area contributed by atoms with Gasteiger partial charge in [-0.2, -0.15) is 0 Å². The first-order chi connectivity index (χ1) is 11.5. The van der Waals surface area contributed by atoms with E-state index in [4.69, 9.17) is 0 Å². The Kier molecular flexibility index (Phi) is 5.13. The van der Waals surface area contributed by atoms with Crippen LogP contribution in [-0.4, -0.2) is 29.7 Å². The molecule has 0 saturated heterocycles. The molecule has 130 valence electrons. The third-order valence-corrected chi connectivity index (χ3v) is 6.15. The minimum Gasteiger partial charge on any atom is -0.360 e. The van der Waals surface area contributed by atoms with E-state index in [1.165, 1.54) is 29.5 Å². The first-order valence-electron chi connectivity index (χ1n) is 8.31. The molecule has 1 heterocycles. The fourth-order valence-electron chi connectivity index (χ4n) is 3.47. The molecule has 1 atom stereocenters. The van der Waals surface area contributed by atoms with Gasteiger partial charge in [-0.15, -0.1) is 0 Å². The molecule has 2 aliphatic rings. The zero-order valence-electron chi connectivity index (χ0n) is 13.9. The molecule has 1 aromatic rings. The SMILES string of the molecule is CC1SC(C(=O)Nc2ccccc2C2CCCC2)=C(C(F)F)N1C. The van der Waals surface area contributed by atoms with Crippen LogP contribution in [-0.2, 0) is 4.79 Å². The normalized spacial score (nSPS) is 21.9. The maximum atomic E-state index is 13.3. The highest BCUT2D eigenvalue weighted by Gasteiger charge is 2.36. The van der Waals surface area contributed by atoms with Crippen molar-refractivity contribution < 1.29 is 13.6 Å². The molecule has 0 bridgehead atoms. The number of hydrogen-bond acceptors (Lipinski definition) is 3. The standard InChI is InChI=1S/C18H22F2N2OS/c1-11-22(2)15(17(19)20)16(24-11)18(23)21-14-10-6-5-9-13(14)12-7-3-4-8-12/h5-6,9-12,17H,3-4,7-8H2,1-2H3,(H,21,23). The smallest absolute Gasteiger partial charge is 0.279 e. The summed E-state index contributed by atoms with van der Waals surface area (Å²) in [6.45, 7) is 1.82. The summed E-state index contributed by atoms with van der Waals surface area (Å²) in [6.07, 6.45) is 1.98. The number of nitrogens with one attached hydrogen (secondary N) is 1. The third-order valence-electron chi connectivity index (χ3n) is 4.86. The molecular formula is C18H22F2N2OS. The Morgan fingerprint density at radius 1 is 1.29 bits per heavy atom. The van der Waals surface area contributed by atoms with Gasteiger partial charge >= 0.3 is 0 Å². The van der Waals surface area contributed by atoms with Gasteiger partial charge in [0.25, 0.3) is 12.3 Å². The predicted octanol–water partition coefficient (Wildman–Crippen LogP) is 4.78. The maximum Gasteiger partial charge on any atom is 0.279 e. The lowest BCUT2D eigenvalue weighted by Gasteiger charge is -2.20. The number of halogens is 2. The highest BCUT2D eigenvalue weighted by molar-refractivity contribution is 8.04. The molecule has 1 unspecified atom stereocenters. The van der Waals surface area contributed by atoms with Crippen molar-refractivity contribution in [3.63, 3.8) is 0 Å². The third kappa shape index (κ3) is 3.29. The quantitative estimate of drug-likeness (QED) is 0.846. The first-order valence-corrected chi connectivity index (χ1v) is 9.19. The van der Waals surface area contributed by atoms with Gasteiger partial charge in [0.2, 0.25) is 0 Å². The maximum absolute atomic E-state index is 13.3. The Morgan fingerprint density at radius 3 is 2.62 bits per heavy atom. The Bertz CT molecular complexity index is 656. The predicted molar refractivity (Wildman–Crippen MR) is 94.1 cm³/mol. The number of alkyl halides is 2. The van der Waals surface area contributed by atoms with Crippen LogP contribution < -0.4 is 5.32 Å². The Balaban J connectivity index is 1.85. The summed E-state index contributed by atoms with van der Waals surface area (Å²) in [4.78, 5) is 14.2. The summed E-state index contributed by atoms with van der Waals surface area (Å²) in [5.41, 5.74) is 1.69. The molecule has 1 aliphatic carbocycles. The Morgan fingerprint density at radius 2 is 1.96 bits per heavy atom. The molecule has 1 saturated carbocycles. The Labute approximate surface area is 145 Å². The van der Waals surface area contributed by atoms with Crippen LogP contribution in [0, 0.1) is 0 Å². The number of carbonyl (C=O) groups excluding carboxylic acids is 1. The van der Waals surface area contributed by atoms with Gasteiger partial charge in [0.1, 0.15) is 5.70 Å². The summed E-state index contributed by atoms with van der Waals surface area (Å²) in [5.74, 6) is 0.0137. The second-order valence-electron chi connectivity index (χ2n) is 6.37. The van der Waals surface area contributed by atoms with Crippen molar-refractivity contribution >= 4 is 23.4 Å². The van der Waals surface area contributed by atoms with Gasteiger partial charge in [0.05, 0.1) is 10.3 Å². The molecule has 3 rings (SSSR count). The average molecular weight is 352 g/mol. The molecule has 0 spiro atoms. The summed E-state index contributed by atoms with van der Waals surface area (Å²) in [7, 11) is 1.60. The number of anilines is 1. The monoisotopic (exact) mass is 352 g/mol. The zero-order valence-corrected chi connectivity index (χ0v) is 14.7. The molecule has 0 aromatic heterocycles. The highest BCUT2D eigenvalue weighted by atomic mass is 32.2. The Hall–Kier alpha value is -1.56. The minimum atomic E-state index is -2.65. The molecular weight excluding hydrogens is 330 g/mol. The number of thioether (sulfide) groups is 1. The molecule has 3 nitrogen and oxygen atoms in total. The highest BCUT2D eigenvalue weighted by Crippen LogP contribution is 2.41. The summed E-state index contributed by atoms with van der Waals surface area (Å²) in [6, 6.07) is 7.73. The van der Waals surface area contributed by atoms with E-state index in [0.29, 0.717) is 5.92 Å². The van der Waals surface area contributed by atoms with Crippen LogP contribution in [0.5, 0.6) is 0 Å². The summed E-state index contributed by atoms with van der Waals surface area (Å²) >= 11 is 1.19. The minimum absolute atomic E-state index is 0.126. The van der Waals surface area contributed by atoms with Crippen molar-refractivity contribution in [1.82, 2.24) is 4.90 Å². The second-order valence-corrected chi connectivity index (χ2v) is 7.69. The first kappa shape index (κ1) is 17.3. The van der Waals surface area contributed by atoms with Crippen molar-refractivity contribution in [2.75, 3.05) is 12.4 Å². The van der Waals surface area contributed by atoms with Crippen molar-refractivity contribution in [3.8, 4) is 0 Å². The number of carbonyl (C=O) groups is 1. The van der Waals surface area contributed by atoms with E-state index < -0.39 is 12.3 Å². The number of nitrogens with zero attached hydrogens (tertiary/aromatic N) is 1. The van der Waals surface area contributed by atoms with Gasteiger partial charge in [0, 0.05) is 12.7 Å². The molecule has 0 radical (unpaired) electrons. The van der Waals surface area contributed by atoms with Gasteiger partial charge < -0.3 is 10.2 Å². The number of amides is 1. The van der Waals surface area contributed by atoms with E-state index in [1.54, 1.807) is 7.05 Å². The van der Waals surface area contributed by atoms with Gasteiger partial charge in [0.15, 0.2) is 0 Å². The summed E-state index contributed by atoms with van der Waals surface area (Å²) < 4.78 is 26.7. The number of benzene rings is 1. The van der Waals surface area contributed by atoms with Crippen LogP contribution in [0.3, 0.4) is 0 Å². The number of hydrogen-bond donors (Lipinski definition) is 1. The van der Waals surface area contributed by atoms with Crippen molar-refractivity contribution in [1.29, 1.82) is 0 Å². The van der Waals surface area contributed by atoms with Crippen LogP contribution >= 0.6 is 11.8 Å². The number of para-hydroxylation sites is 1. The van der Waals surface area contributed by atoms with Crippen molar-refractivity contribution in [3.05, 3.63) is 40.4 Å². The van der Waals surface area contributed by atoms with Gasteiger partial charge in [-0.1, -0.05) is 42.8 Å². The van der Waals surface area contributed by atoms with E-state index in [-0.39, 0.29) is 16.0 Å². The van der Waals surface area contributed by atoms with E-state index in [2.05, 4.69) is 5.32 Å². The number of rotatable bonds is 4. The van der Waals surface area contributed by atoms with Gasteiger partial charge in [-0.3, -0.25) is 4.79 Å². The van der Waals surface area contributed by atoms with E-state index in [0.717, 1.165) is 24.1 Å². The fourth-order valence-corrected chi connectivity index (χ4v) is 4.60. The van der Waals surface area contributed by atoms with E-state index in [1.807, 2.05) is 31.2 Å². The lowest BCUT2D eigenvalue weighted by Crippen LogP contribution is -2.25. The molecule has 24 heavy (non-hydrogen) atoms. The van der Waals surface area contributed by atoms with Crippen LogP contribution in [0.25, 0.3) is 0 Å². The number of allylic oxidation sites excluding steroid dienone is 1. The van der Waals surface area contributed by atoms with Gasteiger partial charge in [-0.05, 0) is 37.3 Å².